The van der Waals surface area contributed by atoms with Gasteiger partial charge in [-0.05, 0) is 43.7 Å². The van der Waals surface area contributed by atoms with E-state index >= 15 is 0 Å². The van der Waals surface area contributed by atoms with E-state index in [2.05, 4.69) is 5.32 Å². The van der Waals surface area contributed by atoms with Crippen LogP contribution in [0, 0.1) is 30.2 Å². The van der Waals surface area contributed by atoms with Gasteiger partial charge in [0.2, 0.25) is 5.91 Å². The molecule has 2 rings (SSSR count). The van der Waals surface area contributed by atoms with Crippen molar-refractivity contribution in [2.45, 2.75) is 20.0 Å². The molecular weight excluding hydrogens is 396 g/mol. The highest BCUT2D eigenvalue weighted by molar-refractivity contribution is 5.96. The topological polar surface area (TPSA) is 84.5 Å². The summed E-state index contributed by atoms with van der Waals surface area (Å²) in [5.41, 5.74) is -0.376. The van der Waals surface area contributed by atoms with Gasteiger partial charge in [0, 0.05) is 0 Å². The summed E-state index contributed by atoms with van der Waals surface area (Å²) in [6.45, 7) is 2.08. The predicted octanol–water partition coefficient (Wildman–Crippen LogP) is 2.85. The smallest absolute Gasteiger partial charge is 0.339 e. The quantitative estimate of drug-likeness (QED) is 0.434. The first-order valence-corrected chi connectivity index (χ1v) is 8.28. The van der Waals surface area contributed by atoms with Crippen LogP contribution in [0.5, 0.6) is 0 Å². The maximum atomic E-state index is 13.5. The number of rotatable bonds is 6. The molecule has 0 aromatic heterocycles. The molecule has 2 N–H and O–H groups in total. The number of carbonyl (C=O) groups excluding carboxylic acids is 3. The van der Waals surface area contributed by atoms with E-state index in [-0.39, 0.29) is 5.56 Å². The predicted molar refractivity (Wildman–Crippen MR) is 94.0 cm³/mol. The molecule has 0 spiro atoms. The molecule has 0 fully saturated rings. The van der Waals surface area contributed by atoms with Gasteiger partial charge in [-0.15, -0.1) is 0 Å². The lowest BCUT2D eigenvalue weighted by Crippen LogP contribution is -2.40. The Balaban J connectivity index is 1.87. The standard InChI is InChI=1S/C19H16F4N2O4/c1-9-3-4-11(7-13(9)21)19(28)29-10(2)18(27)24-8-15(26)25-14-6-5-12(20)16(22)17(14)23/h3-7,10H,8H2,1-2H3,(H,24,27)(H,25,26). The van der Waals surface area contributed by atoms with Crippen molar-refractivity contribution in [2.24, 2.45) is 0 Å². The molecule has 0 aliphatic heterocycles. The van der Waals surface area contributed by atoms with Crippen molar-refractivity contribution < 1.29 is 36.7 Å². The second kappa shape index (κ2) is 9.18. The maximum Gasteiger partial charge on any atom is 0.339 e. The van der Waals surface area contributed by atoms with Crippen LogP contribution in [0.2, 0.25) is 0 Å². The highest BCUT2D eigenvalue weighted by Gasteiger charge is 2.21. The number of ether oxygens (including phenoxy) is 1. The summed E-state index contributed by atoms with van der Waals surface area (Å²) in [6.07, 6.45) is -1.32. The molecule has 154 valence electrons. The van der Waals surface area contributed by atoms with Crippen LogP contribution in [0.1, 0.15) is 22.8 Å². The van der Waals surface area contributed by atoms with Gasteiger partial charge in [-0.2, -0.15) is 0 Å². The number of anilines is 1. The fraction of sp³-hybridized carbons (Fsp3) is 0.211. The van der Waals surface area contributed by atoms with Gasteiger partial charge >= 0.3 is 5.97 Å². The maximum absolute atomic E-state index is 13.5. The van der Waals surface area contributed by atoms with E-state index in [1.165, 1.54) is 26.0 Å². The van der Waals surface area contributed by atoms with Crippen molar-refractivity contribution in [1.29, 1.82) is 0 Å². The monoisotopic (exact) mass is 412 g/mol. The molecule has 0 saturated heterocycles. The van der Waals surface area contributed by atoms with E-state index in [4.69, 9.17) is 4.74 Å². The zero-order chi connectivity index (χ0) is 21.7. The van der Waals surface area contributed by atoms with Crippen LogP contribution >= 0.6 is 0 Å². The summed E-state index contributed by atoms with van der Waals surface area (Å²) in [6, 6.07) is 5.11. The molecule has 1 atom stereocenters. The van der Waals surface area contributed by atoms with Crippen molar-refractivity contribution in [3.8, 4) is 0 Å². The van der Waals surface area contributed by atoms with Gasteiger partial charge in [0.1, 0.15) is 5.82 Å². The van der Waals surface area contributed by atoms with Crippen LogP contribution in [0.15, 0.2) is 30.3 Å². The van der Waals surface area contributed by atoms with Crippen LogP contribution in [0.25, 0.3) is 0 Å². The van der Waals surface area contributed by atoms with Crippen LogP contribution in [0.3, 0.4) is 0 Å². The molecule has 2 amide bonds. The highest BCUT2D eigenvalue weighted by atomic mass is 19.2. The summed E-state index contributed by atoms with van der Waals surface area (Å²) < 4.78 is 57.9. The number of carbonyl (C=O) groups is 3. The number of esters is 1. The Morgan fingerprint density at radius 2 is 1.69 bits per heavy atom. The Hall–Kier alpha value is -3.43. The number of amides is 2. The minimum atomic E-state index is -1.75. The molecule has 0 aliphatic carbocycles. The van der Waals surface area contributed by atoms with E-state index < -0.39 is 59.4 Å². The normalized spacial score (nSPS) is 11.5. The van der Waals surface area contributed by atoms with Crippen molar-refractivity contribution in [3.63, 3.8) is 0 Å². The third-order valence-corrected chi connectivity index (χ3v) is 3.79. The molecule has 6 nitrogen and oxygen atoms in total. The minimum absolute atomic E-state index is 0.0979. The van der Waals surface area contributed by atoms with Gasteiger partial charge in [0.25, 0.3) is 5.91 Å². The van der Waals surface area contributed by atoms with E-state index in [9.17, 15) is 31.9 Å². The highest BCUT2D eigenvalue weighted by Crippen LogP contribution is 2.19. The number of nitrogens with one attached hydrogen (secondary N) is 2. The van der Waals surface area contributed by atoms with Gasteiger partial charge in [0.15, 0.2) is 23.6 Å². The molecule has 0 heterocycles. The average molecular weight is 412 g/mol. The largest absolute Gasteiger partial charge is 0.449 e. The second-order valence-electron chi connectivity index (χ2n) is 6.00. The lowest BCUT2D eigenvalue weighted by atomic mass is 10.1. The Kier molecular flexibility index (Phi) is 6.92. The van der Waals surface area contributed by atoms with E-state index in [0.29, 0.717) is 11.6 Å². The lowest BCUT2D eigenvalue weighted by Gasteiger charge is -2.14. The molecule has 2 aromatic carbocycles. The summed E-state index contributed by atoms with van der Waals surface area (Å²) in [7, 11) is 0. The number of aryl methyl sites for hydroxylation is 1. The average Bonchev–Trinajstić information content (AvgIpc) is 2.68. The summed E-state index contributed by atoms with van der Waals surface area (Å²) in [5.74, 6) is -8.10. The van der Waals surface area contributed by atoms with Crippen LogP contribution in [0.4, 0.5) is 23.2 Å². The third kappa shape index (κ3) is 5.53. The molecule has 0 aliphatic rings. The van der Waals surface area contributed by atoms with E-state index in [1.807, 2.05) is 5.32 Å². The number of benzene rings is 2. The fourth-order valence-corrected chi connectivity index (χ4v) is 2.13. The summed E-state index contributed by atoms with van der Waals surface area (Å²) >= 11 is 0. The Bertz CT molecular complexity index is 965. The molecule has 0 radical (unpaired) electrons. The van der Waals surface area contributed by atoms with Gasteiger partial charge in [-0.25, -0.2) is 22.4 Å². The minimum Gasteiger partial charge on any atom is -0.449 e. The molecule has 0 bridgehead atoms. The van der Waals surface area contributed by atoms with Crippen molar-refractivity contribution in [3.05, 3.63) is 64.7 Å². The van der Waals surface area contributed by atoms with Gasteiger partial charge < -0.3 is 15.4 Å². The van der Waals surface area contributed by atoms with Crippen LogP contribution in [-0.4, -0.2) is 30.4 Å². The first-order chi connectivity index (χ1) is 13.6. The fourth-order valence-electron chi connectivity index (χ4n) is 2.13. The van der Waals surface area contributed by atoms with Crippen molar-refractivity contribution >= 4 is 23.5 Å². The van der Waals surface area contributed by atoms with Gasteiger partial charge in [-0.1, -0.05) is 6.07 Å². The zero-order valence-electron chi connectivity index (χ0n) is 15.3. The Morgan fingerprint density at radius 3 is 2.34 bits per heavy atom. The first-order valence-electron chi connectivity index (χ1n) is 8.28. The second-order valence-corrected chi connectivity index (χ2v) is 6.00. The van der Waals surface area contributed by atoms with Crippen molar-refractivity contribution in [1.82, 2.24) is 5.32 Å². The van der Waals surface area contributed by atoms with E-state index in [0.717, 1.165) is 12.1 Å². The Labute approximate surface area is 162 Å². The zero-order valence-corrected chi connectivity index (χ0v) is 15.3. The lowest BCUT2D eigenvalue weighted by molar-refractivity contribution is -0.130. The summed E-state index contributed by atoms with van der Waals surface area (Å²) in [4.78, 5) is 35.6. The number of hydrogen-bond donors (Lipinski definition) is 2. The van der Waals surface area contributed by atoms with Gasteiger partial charge in [-0.3, -0.25) is 9.59 Å². The molecule has 2 aromatic rings. The first kappa shape index (κ1) is 21.9. The molecule has 29 heavy (non-hydrogen) atoms. The summed E-state index contributed by atoms with van der Waals surface area (Å²) in [5, 5.41) is 4.10. The van der Waals surface area contributed by atoms with Crippen molar-refractivity contribution in [2.75, 3.05) is 11.9 Å². The number of hydrogen-bond acceptors (Lipinski definition) is 4. The molecule has 0 saturated carbocycles. The van der Waals surface area contributed by atoms with Gasteiger partial charge in [0.05, 0.1) is 17.8 Å². The molecule has 1 unspecified atom stereocenters. The SMILES string of the molecule is Cc1ccc(C(=O)OC(C)C(=O)NCC(=O)Nc2ccc(F)c(F)c2F)cc1F. The van der Waals surface area contributed by atoms with Crippen LogP contribution < -0.4 is 10.6 Å². The molecular formula is C19H16F4N2O4. The van der Waals surface area contributed by atoms with E-state index in [1.54, 1.807) is 0 Å². The molecule has 10 heteroatoms. The Morgan fingerprint density at radius 1 is 1.00 bits per heavy atom. The van der Waals surface area contributed by atoms with Crippen LogP contribution in [-0.2, 0) is 14.3 Å². The number of halogens is 4. The third-order valence-electron chi connectivity index (χ3n) is 3.79.